The first-order valence-electron chi connectivity index (χ1n) is 7.41. The van der Waals surface area contributed by atoms with Gasteiger partial charge < -0.3 is 14.8 Å². The lowest BCUT2D eigenvalue weighted by Gasteiger charge is -2.26. The lowest BCUT2D eigenvalue weighted by molar-refractivity contribution is 0.246. The van der Waals surface area contributed by atoms with Crippen LogP contribution in [0.5, 0.6) is 0 Å². The minimum absolute atomic E-state index is 0.592. The highest BCUT2D eigenvalue weighted by Gasteiger charge is 2.13. The van der Waals surface area contributed by atoms with Gasteiger partial charge in [0.2, 0.25) is 0 Å². The molecule has 0 saturated carbocycles. The van der Waals surface area contributed by atoms with Crippen molar-refractivity contribution in [2.75, 3.05) is 20.6 Å². The molecule has 0 aliphatic rings. The van der Waals surface area contributed by atoms with Gasteiger partial charge in [-0.25, -0.2) is 4.98 Å². The topological polar surface area (TPSA) is 33.1 Å². The first-order chi connectivity index (χ1) is 9.04. The third-order valence-electron chi connectivity index (χ3n) is 3.40. The smallest absolute Gasteiger partial charge is 0.122 e. The van der Waals surface area contributed by atoms with E-state index >= 15 is 0 Å². The molecule has 0 bridgehead atoms. The van der Waals surface area contributed by atoms with Crippen LogP contribution in [0.25, 0.3) is 0 Å². The van der Waals surface area contributed by atoms with Crippen LogP contribution in [0.3, 0.4) is 0 Å². The average molecular weight is 266 g/mol. The minimum atomic E-state index is 0.592. The second-order valence-corrected chi connectivity index (χ2v) is 5.91. The highest BCUT2D eigenvalue weighted by atomic mass is 15.1. The maximum absolute atomic E-state index is 4.42. The van der Waals surface area contributed by atoms with Gasteiger partial charge >= 0.3 is 0 Å². The largest absolute Gasteiger partial charge is 0.334 e. The van der Waals surface area contributed by atoms with Crippen LogP contribution >= 0.6 is 0 Å². The van der Waals surface area contributed by atoms with Gasteiger partial charge in [-0.3, -0.25) is 0 Å². The summed E-state index contributed by atoms with van der Waals surface area (Å²) >= 11 is 0. The normalized spacial score (nSPS) is 13.4. The van der Waals surface area contributed by atoms with Crippen molar-refractivity contribution < 1.29 is 0 Å². The number of imidazole rings is 1. The fraction of sp³-hybridized carbons (Fsp3) is 0.800. The molecule has 1 heterocycles. The molecule has 4 nitrogen and oxygen atoms in total. The van der Waals surface area contributed by atoms with Crippen LogP contribution in [0.2, 0.25) is 0 Å². The Hall–Kier alpha value is -0.870. The number of likely N-dealkylation sites (N-methyl/N-ethyl adjacent to an activating group) is 1. The average Bonchev–Trinajstić information content (AvgIpc) is 2.75. The van der Waals surface area contributed by atoms with Gasteiger partial charge in [0.15, 0.2) is 0 Å². The molecule has 1 aromatic rings. The number of nitrogens with one attached hydrogen (secondary N) is 1. The number of hydrogen-bond donors (Lipinski definition) is 1. The molecule has 0 saturated heterocycles. The van der Waals surface area contributed by atoms with Gasteiger partial charge in [-0.15, -0.1) is 0 Å². The Balaban J connectivity index is 2.40. The van der Waals surface area contributed by atoms with Crippen molar-refractivity contribution in [1.82, 2.24) is 19.8 Å². The molecule has 19 heavy (non-hydrogen) atoms. The summed E-state index contributed by atoms with van der Waals surface area (Å²) in [6.45, 7) is 9.69. The van der Waals surface area contributed by atoms with Gasteiger partial charge in [-0.2, -0.15) is 0 Å². The highest BCUT2D eigenvalue weighted by Crippen LogP contribution is 2.08. The molecule has 0 amide bonds. The van der Waals surface area contributed by atoms with Gasteiger partial charge in [0.25, 0.3) is 0 Å². The van der Waals surface area contributed by atoms with Gasteiger partial charge in [-0.05, 0) is 32.9 Å². The molecule has 0 spiro atoms. The summed E-state index contributed by atoms with van der Waals surface area (Å²) in [6.07, 6.45) is 6.34. The van der Waals surface area contributed by atoms with Gasteiger partial charge in [0.1, 0.15) is 5.82 Å². The summed E-state index contributed by atoms with van der Waals surface area (Å²) in [7, 11) is 4.32. The van der Waals surface area contributed by atoms with Gasteiger partial charge in [-0.1, -0.05) is 20.8 Å². The maximum Gasteiger partial charge on any atom is 0.122 e. The van der Waals surface area contributed by atoms with Crippen LogP contribution in [0.4, 0.5) is 0 Å². The Kier molecular flexibility index (Phi) is 7.10. The van der Waals surface area contributed by atoms with E-state index in [0.29, 0.717) is 6.04 Å². The van der Waals surface area contributed by atoms with Crippen molar-refractivity contribution in [3.63, 3.8) is 0 Å². The summed E-state index contributed by atoms with van der Waals surface area (Å²) in [5.41, 5.74) is 0. The molecule has 1 unspecified atom stereocenters. The Labute approximate surface area is 118 Å². The molecule has 0 fully saturated rings. The molecular weight excluding hydrogens is 236 g/mol. The van der Waals surface area contributed by atoms with E-state index in [1.165, 1.54) is 6.42 Å². The highest BCUT2D eigenvalue weighted by molar-refractivity contribution is 4.92. The zero-order chi connectivity index (χ0) is 14.3. The molecule has 4 heteroatoms. The Bertz CT molecular complexity index is 344. The molecule has 0 aliphatic carbocycles. The first-order valence-corrected chi connectivity index (χ1v) is 7.41. The molecule has 1 rings (SSSR count). The summed E-state index contributed by atoms with van der Waals surface area (Å²) in [4.78, 5) is 6.74. The van der Waals surface area contributed by atoms with Crippen molar-refractivity contribution in [2.24, 2.45) is 5.92 Å². The summed E-state index contributed by atoms with van der Waals surface area (Å²) in [5.74, 6) is 1.88. The van der Waals surface area contributed by atoms with E-state index in [1.54, 1.807) is 0 Å². The van der Waals surface area contributed by atoms with Gasteiger partial charge in [0.05, 0.1) is 6.54 Å². The van der Waals surface area contributed by atoms with E-state index in [4.69, 9.17) is 0 Å². The molecule has 0 aromatic carbocycles. The summed E-state index contributed by atoms with van der Waals surface area (Å²) in [5, 5.41) is 3.55. The van der Waals surface area contributed by atoms with Crippen LogP contribution in [0.15, 0.2) is 12.4 Å². The van der Waals surface area contributed by atoms with E-state index in [1.807, 2.05) is 6.20 Å². The molecule has 1 aromatic heterocycles. The molecule has 0 aliphatic heterocycles. The monoisotopic (exact) mass is 266 g/mol. The predicted molar refractivity (Wildman–Crippen MR) is 81.2 cm³/mol. The van der Waals surface area contributed by atoms with Crippen molar-refractivity contribution in [3.8, 4) is 0 Å². The van der Waals surface area contributed by atoms with E-state index in [0.717, 1.165) is 37.8 Å². The number of nitrogens with zero attached hydrogens (tertiary/aromatic N) is 3. The van der Waals surface area contributed by atoms with E-state index in [-0.39, 0.29) is 0 Å². The number of rotatable bonds is 9. The zero-order valence-corrected chi connectivity index (χ0v) is 13.2. The Morgan fingerprint density at radius 3 is 2.68 bits per heavy atom. The van der Waals surface area contributed by atoms with E-state index in [2.05, 4.69) is 60.8 Å². The van der Waals surface area contributed by atoms with Crippen LogP contribution in [0.1, 0.15) is 39.4 Å². The third-order valence-corrected chi connectivity index (χ3v) is 3.40. The summed E-state index contributed by atoms with van der Waals surface area (Å²) in [6, 6.07) is 0.592. The second kappa shape index (κ2) is 8.33. The third kappa shape index (κ3) is 5.74. The number of aryl methyl sites for hydroxylation is 1. The van der Waals surface area contributed by atoms with E-state index in [9.17, 15) is 0 Å². The van der Waals surface area contributed by atoms with Crippen LogP contribution in [0, 0.1) is 5.92 Å². The molecule has 0 radical (unpaired) electrons. The molecule has 1 atom stereocenters. The maximum atomic E-state index is 4.42. The standard InChI is InChI=1S/C15H30N4/c1-6-8-19-9-7-17-15(19)12-16-11-14(18(4)5)10-13(2)3/h7,9,13-14,16H,6,8,10-12H2,1-5H3. The Morgan fingerprint density at radius 1 is 1.37 bits per heavy atom. The minimum Gasteiger partial charge on any atom is -0.334 e. The number of aromatic nitrogens is 2. The quantitative estimate of drug-likeness (QED) is 0.745. The molecule has 1 N–H and O–H groups in total. The van der Waals surface area contributed by atoms with Crippen molar-refractivity contribution in [3.05, 3.63) is 18.2 Å². The van der Waals surface area contributed by atoms with Crippen molar-refractivity contribution in [1.29, 1.82) is 0 Å². The number of hydrogen-bond acceptors (Lipinski definition) is 3. The fourth-order valence-corrected chi connectivity index (χ4v) is 2.32. The van der Waals surface area contributed by atoms with Crippen LogP contribution in [-0.4, -0.2) is 41.1 Å². The first kappa shape index (κ1) is 16.2. The predicted octanol–water partition coefficient (Wildman–Crippen LogP) is 2.36. The second-order valence-electron chi connectivity index (χ2n) is 5.91. The Morgan fingerprint density at radius 2 is 2.11 bits per heavy atom. The lowest BCUT2D eigenvalue weighted by Crippen LogP contribution is -2.38. The van der Waals surface area contributed by atoms with Crippen LogP contribution in [-0.2, 0) is 13.1 Å². The SMILES string of the molecule is CCCn1ccnc1CNCC(CC(C)C)N(C)C. The molecular formula is C15H30N4. The van der Waals surface area contributed by atoms with Crippen LogP contribution < -0.4 is 5.32 Å². The summed E-state index contributed by atoms with van der Waals surface area (Å²) < 4.78 is 2.24. The van der Waals surface area contributed by atoms with Gasteiger partial charge in [0, 0.05) is 31.5 Å². The fourth-order valence-electron chi connectivity index (χ4n) is 2.32. The molecule has 110 valence electrons. The zero-order valence-electron chi connectivity index (χ0n) is 13.2. The lowest BCUT2D eigenvalue weighted by atomic mass is 10.0. The van der Waals surface area contributed by atoms with E-state index < -0.39 is 0 Å². The van der Waals surface area contributed by atoms with Crippen molar-refractivity contribution >= 4 is 0 Å². The van der Waals surface area contributed by atoms with Crippen molar-refractivity contribution in [2.45, 2.75) is 52.7 Å².